The van der Waals surface area contributed by atoms with Crippen molar-refractivity contribution in [1.82, 2.24) is 10.6 Å². The molecule has 2 amide bonds. The van der Waals surface area contributed by atoms with E-state index in [4.69, 9.17) is 9.47 Å². The van der Waals surface area contributed by atoms with Crippen LogP contribution in [0.5, 0.6) is 5.75 Å². The second kappa shape index (κ2) is 9.37. The number of ether oxygens (including phenoxy) is 2. The molecule has 144 valence electrons. The number of hydrogen-bond donors (Lipinski definition) is 2. The fraction of sp³-hybridized carbons (Fsp3) is 0.429. The lowest BCUT2D eigenvalue weighted by atomic mass is 10.1. The summed E-state index contributed by atoms with van der Waals surface area (Å²) in [6, 6.07) is 11.7. The summed E-state index contributed by atoms with van der Waals surface area (Å²) in [6.07, 6.45) is 2.79. The van der Waals surface area contributed by atoms with E-state index in [1.807, 2.05) is 37.3 Å². The highest BCUT2D eigenvalue weighted by molar-refractivity contribution is 6.01. The first-order valence-electron chi connectivity index (χ1n) is 9.48. The molecule has 2 aromatic rings. The van der Waals surface area contributed by atoms with Gasteiger partial charge in [0.05, 0.1) is 5.56 Å². The summed E-state index contributed by atoms with van der Waals surface area (Å²) in [6.45, 7) is 3.64. The molecule has 2 N–H and O–H groups in total. The van der Waals surface area contributed by atoms with Crippen LogP contribution in [0.4, 0.5) is 0 Å². The van der Waals surface area contributed by atoms with Crippen molar-refractivity contribution in [1.29, 1.82) is 0 Å². The van der Waals surface area contributed by atoms with Crippen LogP contribution in [0.25, 0.3) is 10.8 Å². The van der Waals surface area contributed by atoms with Crippen LogP contribution in [-0.2, 0) is 9.53 Å². The first-order chi connectivity index (χ1) is 13.2. The number of carbonyl (C=O) groups is 2. The van der Waals surface area contributed by atoms with E-state index in [-0.39, 0.29) is 24.5 Å². The molecular formula is C21H26N2O4. The van der Waals surface area contributed by atoms with E-state index in [2.05, 4.69) is 10.6 Å². The van der Waals surface area contributed by atoms with Crippen LogP contribution in [0.2, 0.25) is 0 Å². The standard InChI is InChI=1S/C21H26N2O4/c1-2-26-11-5-10-22-21(25)18-12-15-6-3-4-7-16(15)13-19(18)27-14-20(24)23-17-8-9-17/h3-4,6-7,12-13,17H,2,5,8-11,14H2,1H3,(H,22,25)(H,23,24). The third-order valence-electron chi connectivity index (χ3n) is 4.35. The Labute approximate surface area is 159 Å². The number of nitrogens with one attached hydrogen (secondary N) is 2. The topological polar surface area (TPSA) is 76.7 Å². The van der Waals surface area contributed by atoms with E-state index in [1.165, 1.54) is 0 Å². The zero-order valence-corrected chi connectivity index (χ0v) is 15.6. The Bertz CT molecular complexity index is 802. The lowest BCUT2D eigenvalue weighted by Gasteiger charge is -2.13. The smallest absolute Gasteiger partial charge is 0.258 e. The van der Waals surface area contributed by atoms with Crippen LogP contribution in [0, 0.1) is 0 Å². The number of rotatable bonds is 10. The van der Waals surface area contributed by atoms with E-state index < -0.39 is 0 Å². The Balaban J connectivity index is 1.69. The van der Waals surface area contributed by atoms with Crippen molar-refractivity contribution in [3.63, 3.8) is 0 Å². The number of amides is 2. The minimum absolute atomic E-state index is 0.0978. The fourth-order valence-electron chi connectivity index (χ4n) is 2.77. The maximum Gasteiger partial charge on any atom is 0.258 e. The molecule has 0 unspecified atom stereocenters. The summed E-state index contributed by atoms with van der Waals surface area (Å²) in [7, 11) is 0. The summed E-state index contributed by atoms with van der Waals surface area (Å²) in [5.41, 5.74) is 0.435. The van der Waals surface area contributed by atoms with Crippen molar-refractivity contribution in [3.8, 4) is 5.75 Å². The average molecular weight is 370 g/mol. The minimum Gasteiger partial charge on any atom is -0.483 e. The van der Waals surface area contributed by atoms with Gasteiger partial charge in [-0.05, 0) is 49.1 Å². The lowest BCUT2D eigenvalue weighted by molar-refractivity contribution is -0.123. The monoisotopic (exact) mass is 370 g/mol. The molecule has 6 nitrogen and oxygen atoms in total. The molecule has 0 aromatic heterocycles. The largest absolute Gasteiger partial charge is 0.483 e. The minimum atomic E-state index is -0.213. The van der Waals surface area contributed by atoms with Gasteiger partial charge in [0.1, 0.15) is 5.75 Å². The normalized spacial score (nSPS) is 13.4. The first kappa shape index (κ1) is 19.2. The molecule has 0 radical (unpaired) electrons. The molecule has 3 rings (SSSR count). The first-order valence-corrected chi connectivity index (χ1v) is 9.48. The van der Waals surface area contributed by atoms with Crippen LogP contribution < -0.4 is 15.4 Å². The molecule has 1 aliphatic carbocycles. The van der Waals surface area contributed by atoms with Crippen LogP contribution >= 0.6 is 0 Å². The van der Waals surface area contributed by atoms with E-state index >= 15 is 0 Å². The van der Waals surface area contributed by atoms with Gasteiger partial charge in [-0.1, -0.05) is 24.3 Å². The van der Waals surface area contributed by atoms with Gasteiger partial charge in [-0.15, -0.1) is 0 Å². The molecule has 0 spiro atoms. The number of fused-ring (bicyclic) bond motifs is 1. The molecule has 0 aliphatic heterocycles. The summed E-state index contributed by atoms with van der Waals surface area (Å²) >= 11 is 0. The maximum atomic E-state index is 12.6. The third-order valence-corrected chi connectivity index (χ3v) is 4.35. The molecule has 1 fully saturated rings. The molecule has 6 heteroatoms. The summed E-state index contributed by atoms with van der Waals surface area (Å²) < 4.78 is 11.0. The highest BCUT2D eigenvalue weighted by atomic mass is 16.5. The molecule has 2 aromatic carbocycles. The average Bonchev–Trinajstić information content (AvgIpc) is 3.49. The van der Waals surface area contributed by atoms with E-state index in [9.17, 15) is 9.59 Å². The Hall–Kier alpha value is -2.60. The third kappa shape index (κ3) is 5.69. The Kier molecular flexibility index (Phi) is 6.65. The molecule has 27 heavy (non-hydrogen) atoms. The van der Waals surface area contributed by atoms with E-state index in [0.29, 0.717) is 31.1 Å². The van der Waals surface area contributed by atoms with Gasteiger partial charge >= 0.3 is 0 Å². The Morgan fingerprint density at radius 3 is 2.59 bits per heavy atom. The van der Waals surface area contributed by atoms with E-state index in [0.717, 1.165) is 30.0 Å². The number of hydrogen-bond acceptors (Lipinski definition) is 4. The van der Waals surface area contributed by atoms with Crippen LogP contribution in [0.15, 0.2) is 36.4 Å². The van der Waals surface area contributed by atoms with Gasteiger partial charge in [0.2, 0.25) is 0 Å². The van der Waals surface area contributed by atoms with Gasteiger partial charge in [-0.3, -0.25) is 9.59 Å². The lowest BCUT2D eigenvalue weighted by Crippen LogP contribution is -2.31. The number of benzene rings is 2. The van der Waals surface area contributed by atoms with Crippen molar-refractivity contribution in [2.75, 3.05) is 26.4 Å². The van der Waals surface area contributed by atoms with Gasteiger partial charge in [0.25, 0.3) is 11.8 Å². The van der Waals surface area contributed by atoms with Crippen LogP contribution in [0.1, 0.15) is 36.5 Å². The number of carbonyl (C=O) groups excluding carboxylic acids is 2. The SMILES string of the molecule is CCOCCCNC(=O)c1cc2ccccc2cc1OCC(=O)NC1CC1. The highest BCUT2D eigenvalue weighted by Crippen LogP contribution is 2.26. The van der Waals surface area contributed by atoms with E-state index in [1.54, 1.807) is 6.07 Å². The maximum absolute atomic E-state index is 12.6. The summed E-state index contributed by atoms with van der Waals surface area (Å²) in [5, 5.41) is 7.69. The molecule has 0 bridgehead atoms. The fourth-order valence-corrected chi connectivity index (χ4v) is 2.77. The summed E-state index contributed by atoms with van der Waals surface area (Å²) in [4.78, 5) is 24.6. The van der Waals surface area contributed by atoms with Crippen molar-refractivity contribution in [2.45, 2.75) is 32.2 Å². The molecular weight excluding hydrogens is 344 g/mol. The van der Waals surface area contributed by atoms with Crippen LogP contribution in [0.3, 0.4) is 0 Å². The highest BCUT2D eigenvalue weighted by Gasteiger charge is 2.23. The predicted octanol–water partition coefficient (Wildman–Crippen LogP) is 2.65. The molecule has 0 saturated heterocycles. The van der Waals surface area contributed by atoms with Gasteiger partial charge in [-0.2, -0.15) is 0 Å². The molecule has 0 heterocycles. The van der Waals surface area contributed by atoms with Crippen molar-refractivity contribution >= 4 is 22.6 Å². The second-order valence-corrected chi connectivity index (χ2v) is 6.63. The zero-order chi connectivity index (χ0) is 19.1. The molecule has 1 saturated carbocycles. The van der Waals surface area contributed by atoms with Gasteiger partial charge < -0.3 is 20.1 Å². The van der Waals surface area contributed by atoms with Crippen molar-refractivity contribution < 1.29 is 19.1 Å². The molecule has 0 atom stereocenters. The zero-order valence-electron chi connectivity index (χ0n) is 15.6. The summed E-state index contributed by atoms with van der Waals surface area (Å²) in [5.74, 6) is 0.0468. The Morgan fingerprint density at radius 2 is 1.89 bits per heavy atom. The van der Waals surface area contributed by atoms with Crippen LogP contribution in [-0.4, -0.2) is 44.2 Å². The molecule has 1 aliphatic rings. The second-order valence-electron chi connectivity index (χ2n) is 6.63. The predicted molar refractivity (Wildman–Crippen MR) is 104 cm³/mol. The van der Waals surface area contributed by atoms with Crippen molar-refractivity contribution in [3.05, 3.63) is 42.0 Å². The van der Waals surface area contributed by atoms with Gasteiger partial charge in [0, 0.05) is 25.8 Å². The Morgan fingerprint density at radius 1 is 1.15 bits per heavy atom. The quantitative estimate of drug-likeness (QED) is 0.631. The van der Waals surface area contributed by atoms with Gasteiger partial charge in [0.15, 0.2) is 6.61 Å². The van der Waals surface area contributed by atoms with Crippen molar-refractivity contribution in [2.24, 2.45) is 0 Å². The van der Waals surface area contributed by atoms with Gasteiger partial charge in [-0.25, -0.2) is 0 Å².